The first-order valence-corrected chi connectivity index (χ1v) is 9.00. The molecule has 0 aliphatic heterocycles. The number of carbonyl (C=O) groups excluding carboxylic acids is 1. The number of para-hydroxylation sites is 2. The van der Waals surface area contributed by atoms with Crippen molar-refractivity contribution in [2.24, 2.45) is 0 Å². The van der Waals surface area contributed by atoms with Gasteiger partial charge in [-0.2, -0.15) is 0 Å². The number of sulfonamides is 1. The van der Waals surface area contributed by atoms with Crippen molar-refractivity contribution in [1.82, 2.24) is 9.45 Å². The molecule has 0 spiro atoms. The number of carbonyl (C=O) groups is 1. The SMILES string of the molecule is CON(C)S(=O)(=O)c1cccc(C(=O)OCc2nc3ccccc3o2)c1. The number of esters is 1. The Bertz CT molecular complexity index is 1010. The molecule has 1 aromatic heterocycles. The number of oxazole rings is 1. The second-order valence-electron chi connectivity index (χ2n) is 5.28. The van der Waals surface area contributed by atoms with Crippen LogP contribution in [0.4, 0.5) is 0 Å². The summed E-state index contributed by atoms with van der Waals surface area (Å²) in [4.78, 5) is 21.1. The van der Waals surface area contributed by atoms with Gasteiger partial charge in [-0.1, -0.05) is 22.7 Å². The molecule has 9 heteroatoms. The first kappa shape index (κ1) is 18.1. The number of rotatable bonds is 6. The Morgan fingerprint density at radius 3 is 2.69 bits per heavy atom. The highest BCUT2D eigenvalue weighted by atomic mass is 32.2. The molecular weight excluding hydrogens is 360 g/mol. The van der Waals surface area contributed by atoms with E-state index in [0.29, 0.717) is 15.6 Å². The molecule has 0 saturated heterocycles. The van der Waals surface area contributed by atoms with E-state index in [9.17, 15) is 13.2 Å². The summed E-state index contributed by atoms with van der Waals surface area (Å²) in [7, 11) is -1.37. The third-order valence-corrected chi connectivity index (χ3v) is 5.30. The quantitative estimate of drug-likeness (QED) is 0.481. The predicted octanol–water partition coefficient (Wildman–Crippen LogP) is 2.37. The first-order valence-electron chi connectivity index (χ1n) is 7.56. The molecule has 2 aromatic carbocycles. The van der Waals surface area contributed by atoms with E-state index in [1.54, 1.807) is 12.1 Å². The summed E-state index contributed by atoms with van der Waals surface area (Å²) in [6, 6.07) is 12.7. The van der Waals surface area contributed by atoms with Crippen LogP contribution in [-0.2, 0) is 26.2 Å². The number of benzene rings is 2. The highest BCUT2D eigenvalue weighted by molar-refractivity contribution is 7.89. The zero-order valence-corrected chi connectivity index (χ0v) is 14.9. The fourth-order valence-electron chi connectivity index (χ4n) is 2.22. The molecule has 3 rings (SSSR count). The van der Waals surface area contributed by atoms with E-state index in [4.69, 9.17) is 14.0 Å². The van der Waals surface area contributed by atoms with Crippen molar-refractivity contribution in [3.8, 4) is 0 Å². The lowest BCUT2D eigenvalue weighted by atomic mass is 10.2. The van der Waals surface area contributed by atoms with Crippen molar-refractivity contribution in [2.75, 3.05) is 14.2 Å². The van der Waals surface area contributed by atoms with Crippen molar-refractivity contribution in [3.63, 3.8) is 0 Å². The second kappa shape index (κ2) is 7.24. The molecule has 0 amide bonds. The Kier molecular flexibility index (Phi) is 5.03. The maximum atomic E-state index is 12.2. The summed E-state index contributed by atoms with van der Waals surface area (Å²) in [5, 5.41) is 0. The van der Waals surface area contributed by atoms with Gasteiger partial charge in [0, 0.05) is 7.05 Å². The van der Waals surface area contributed by atoms with E-state index >= 15 is 0 Å². The van der Waals surface area contributed by atoms with E-state index < -0.39 is 16.0 Å². The number of hydroxylamine groups is 1. The van der Waals surface area contributed by atoms with Crippen LogP contribution in [0.1, 0.15) is 16.2 Å². The van der Waals surface area contributed by atoms with E-state index in [1.807, 2.05) is 12.1 Å². The Balaban J connectivity index is 1.75. The minimum atomic E-state index is -3.86. The van der Waals surface area contributed by atoms with Gasteiger partial charge in [0.1, 0.15) is 5.52 Å². The highest BCUT2D eigenvalue weighted by Gasteiger charge is 2.22. The van der Waals surface area contributed by atoms with Crippen molar-refractivity contribution >= 4 is 27.1 Å². The fourth-order valence-corrected chi connectivity index (χ4v) is 3.24. The Hall–Kier alpha value is -2.75. The van der Waals surface area contributed by atoms with Gasteiger partial charge in [0.25, 0.3) is 10.0 Å². The molecule has 0 radical (unpaired) electrons. The molecule has 0 bridgehead atoms. The van der Waals surface area contributed by atoms with E-state index in [-0.39, 0.29) is 23.0 Å². The van der Waals surface area contributed by atoms with Crippen LogP contribution in [0.15, 0.2) is 57.8 Å². The molecule has 0 fully saturated rings. The van der Waals surface area contributed by atoms with E-state index in [0.717, 1.165) is 0 Å². The van der Waals surface area contributed by atoms with Crippen molar-refractivity contribution in [3.05, 3.63) is 60.0 Å². The number of nitrogens with zero attached hydrogens (tertiary/aromatic N) is 2. The van der Waals surface area contributed by atoms with Crippen molar-refractivity contribution in [1.29, 1.82) is 0 Å². The lowest BCUT2D eigenvalue weighted by Gasteiger charge is -2.14. The van der Waals surface area contributed by atoms with Crippen LogP contribution in [0, 0.1) is 0 Å². The maximum Gasteiger partial charge on any atom is 0.338 e. The normalized spacial score (nSPS) is 11.8. The Labute approximate surface area is 150 Å². The van der Waals surface area contributed by atoms with Crippen LogP contribution in [0.2, 0.25) is 0 Å². The molecule has 0 N–H and O–H groups in total. The molecule has 26 heavy (non-hydrogen) atoms. The Morgan fingerprint density at radius 2 is 1.96 bits per heavy atom. The van der Waals surface area contributed by atoms with Gasteiger partial charge in [-0.15, -0.1) is 0 Å². The zero-order chi connectivity index (χ0) is 18.7. The van der Waals surface area contributed by atoms with Crippen LogP contribution < -0.4 is 0 Å². The summed E-state index contributed by atoms with van der Waals surface area (Å²) >= 11 is 0. The standard InChI is InChI=1S/C17H16N2O6S/c1-19(23-2)26(21,22)13-7-5-6-12(10-13)17(20)24-11-16-18-14-8-3-4-9-15(14)25-16/h3-10H,11H2,1-2H3. The average molecular weight is 376 g/mol. The van der Waals surface area contributed by atoms with Crippen LogP contribution in [0.3, 0.4) is 0 Å². The molecular formula is C17H16N2O6S. The third-order valence-electron chi connectivity index (χ3n) is 3.63. The first-order chi connectivity index (χ1) is 12.4. The minimum Gasteiger partial charge on any atom is -0.452 e. The minimum absolute atomic E-state index is 0.0850. The van der Waals surface area contributed by atoms with Gasteiger partial charge in [-0.3, -0.25) is 4.84 Å². The molecule has 0 aliphatic carbocycles. The predicted molar refractivity (Wildman–Crippen MR) is 91.5 cm³/mol. The number of ether oxygens (including phenoxy) is 1. The van der Waals surface area contributed by atoms with Crippen LogP contribution in [0.25, 0.3) is 11.1 Å². The second-order valence-corrected chi connectivity index (χ2v) is 7.21. The van der Waals surface area contributed by atoms with Crippen LogP contribution in [0.5, 0.6) is 0 Å². The van der Waals surface area contributed by atoms with E-state index in [2.05, 4.69) is 4.98 Å². The highest BCUT2D eigenvalue weighted by Crippen LogP contribution is 2.18. The average Bonchev–Trinajstić information content (AvgIpc) is 3.08. The number of hydrogen-bond donors (Lipinski definition) is 0. The number of aromatic nitrogens is 1. The number of hydrogen-bond acceptors (Lipinski definition) is 7. The van der Waals surface area contributed by atoms with Gasteiger partial charge in [0.2, 0.25) is 5.89 Å². The van der Waals surface area contributed by atoms with Crippen LogP contribution >= 0.6 is 0 Å². The topological polar surface area (TPSA) is 98.9 Å². The molecule has 0 atom stereocenters. The zero-order valence-electron chi connectivity index (χ0n) is 14.1. The van der Waals surface area contributed by atoms with Gasteiger partial charge in [0.15, 0.2) is 12.2 Å². The van der Waals surface area contributed by atoms with Crippen molar-refractivity contribution in [2.45, 2.75) is 11.5 Å². The summed E-state index contributed by atoms with van der Waals surface area (Å²) in [6.07, 6.45) is 0. The van der Waals surface area contributed by atoms with Gasteiger partial charge < -0.3 is 9.15 Å². The molecule has 136 valence electrons. The third kappa shape index (κ3) is 3.59. The molecule has 0 unspecified atom stereocenters. The van der Waals surface area contributed by atoms with Gasteiger partial charge >= 0.3 is 5.97 Å². The lowest BCUT2D eigenvalue weighted by Crippen LogP contribution is -2.25. The summed E-state index contributed by atoms with van der Waals surface area (Å²) in [6.45, 7) is -0.164. The smallest absolute Gasteiger partial charge is 0.338 e. The largest absolute Gasteiger partial charge is 0.452 e. The summed E-state index contributed by atoms with van der Waals surface area (Å²) < 4.78 is 35.8. The Morgan fingerprint density at radius 1 is 1.19 bits per heavy atom. The van der Waals surface area contributed by atoms with Crippen LogP contribution in [-0.4, -0.2) is 38.0 Å². The maximum absolute atomic E-state index is 12.2. The van der Waals surface area contributed by atoms with E-state index in [1.165, 1.54) is 38.4 Å². The van der Waals surface area contributed by atoms with Crippen molar-refractivity contribution < 1.29 is 27.2 Å². The van der Waals surface area contributed by atoms with Gasteiger partial charge in [-0.05, 0) is 30.3 Å². The molecule has 8 nitrogen and oxygen atoms in total. The fraction of sp³-hybridized carbons (Fsp3) is 0.176. The summed E-state index contributed by atoms with van der Waals surface area (Å²) in [5.74, 6) is -0.438. The number of fused-ring (bicyclic) bond motifs is 1. The van der Waals surface area contributed by atoms with Gasteiger partial charge in [-0.25, -0.2) is 18.2 Å². The lowest BCUT2D eigenvalue weighted by molar-refractivity contribution is -0.0258. The van der Waals surface area contributed by atoms with Gasteiger partial charge in [0.05, 0.1) is 17.6 Å². The monoisotopic (exact) mass is 376 g/mol. The molecule has 0 aliphatic rings. The molecule has 1 heterocycles. The molecule has 0 saturated carbocycles. The summed E-state index contributed by atoms with van der Waals surface area (Å²) in [5.41, 5.74) is 1.34. The molecule has 3 aromatic rings.